The minimum Gasteiger partial charge on any atom is -0.462 e. The van der Waals surface area contributed by atoms with Crippen molar-refractivity contribution < 1.29 is 28.6 Å². The normalized spacial score (nSPS) is 12.1. The Morgan fingerprint density at radius 2 is 0.554 bits per heavy atom. The third-order valence-corrected chi connectivity index (χ3v) is 13.0. The van der Waals surface area contributed by atoms with Crippen LogP contribution in [0.3, 0.4) is 0 Å². The highest BCUT2D eigenvalue weighted by Gasteiger charge is 2.19. The molecule has 0 N–H and O–H groups in total. The Bertz CT molecular complexity index is 1050. The van der Waals surface area contributed by atoms with Crippen molar-refractivity contribution in [1.82, 2.24) is 0 Å². The number of rotatable bonds is 53. The van der Waals surface area contributed by atoms with E-state index in [4.69, 9.17) is 14.2 Å². The third kappa shape index (κ3) is 52.7. The van der Waals surface area contributed by atoms with Crippen LogP contribution in [0.2, 0.25) is 0 Å². The number of hydrogen-bond donors (Lipinski definition) is 0. The molecule has 0 aromatic carbocycles. The maximum Gasteiger partial charge on any atom is 0.306 e. The fraction of sp³-hybridized carbons (Fsp3) is 0.881. The predicted molar refractivity (Wildman–Crippen MR) is 279 cm³/mol. The van der Waals surface area contributed by atoms with Gasteiger partial charge in [-0.1, -0.05) is 270 Å². The summed E-state index contributed by atoms with van der Waals surface area (Å²) in [5, 5.41) is 0. The van der Waals surface area contributed by atoms with Crippen LogP contribution in [-0.2, 0) is 28.6 Å². The standard InChI is InChI=1S/C59H110O6/c1-4-7-10-13-16-19-22-24-26-28-29-31-32-34-37-40-43-46-49-52-58(61)64-55-56(54-63-57(60)51-48-45-42-39-36-21-18-15-12-9-6-3)65-59(62)53-50-47-44-41-38-35-33-30-27-25-23-20-17-14-11-8-5-2/h17,20,25,27,56H,4-16,18-19,21-24,26,28-55H2,1-3H3/b20-17-,27-25-. The van der Waals surface area contributed by atoms with Crippen molar-refractivity contribution in [3.63, 3.8) is 0 Å². The highest BCUT2D eigenvalue weighted by atomic mass is 16.6. The van der Waals surface area contributed by atoms with E-state index in [0.29, 0.717) is 19.3 Å². The molecule has 0 aliphatic heterocycles. The van der Waals surface area contributed by atoms with E-state index >= 15 is 0 Å². The number of hydrogen-bond acceptors (Lipinski definition) is 6. The molecule has 0 saturated carbocycles. The zero-order valence-electron chi connectivity index (χ0n) is 43.8. The molecule has 65 heavy (non-hydrogen) atoms. The van der Waals surface area contributed by atoms with Gasteiger partial charge in [0.2, 0.25) is 0 Å². The summed E-state index contributed by atoms with van der Waals surface area (Å²) < 4.78 is 16.9. The lowest BCUT2D eigenvalue weighted by Crippen LogP contribution is -2.30. The maximum atomic E-state index is 12.8. The monoisotopic (exact) mass is 915 g/mol. The van der Waals surface area contributed by atoms with Crippen LogP contribution in [0, 0.1) is 0 Å². The molecule has 0 spiro atoms. The molecule has 0 radical (unpaired) electrons. The molecular weight excluding hydrogens is 805 g/mol. The second-order valence-corrected chi connectivity index (χ2v) is 19.6. The summed E-state index contributed by atoms with van der Waals surface area (Å²) in [7, 11) is 0. The fourth-order valence-electron chi connectivity index (χ4n) is 8.59. The van der Waals surface area contributed by atoms with Gasteiger partial charge in [0.15, 0.2) is 6.10 Å². The van der Waals surface area contributed by atoms with E-state index in [0.717, 1.165) is 70.6 Å². The van der Waals surface area contributed by atoms with E-state index in [1.807, 2.05) is 0 Å². The molecule has 382 valence electrons. The van der Waals surface area contributed by atoms with Crippen molar-refractivity contribution in [2.75, 3.05) is 13.2 Å². The van der Waals surface area contributed by atoms with Crippen LogP contribution in [0.25, 0.3) is 0 Å². The molecule has 0 aliphatic rings. The Balaban J connectivity index is 4.28. The number of esters is 3. The smallest absolute Gasteiger partial charge is 0.306 e. The minimum absolute atomic E-state index is 0.0691. The van der Waals surface area contributed by atoms with Gasteiger partial charge in [0.1, 0.15) is 13.2 Å². The van der Waals surface area contributed by atoms with Gasteiger partial charge in [-0.3, -0.25) is 14.4 Å². The van der Waals surface area contributed by atoms with Gasteiger partial charge in [-0.15, -0.1) is 0 Å². The molecular formula is C59H110O6. The van der Waals surface area contributed by atoms with Gasteiger partial charge in [-0.05, 0) is 51.4 Å². The first-order chi connectivity index (χ1) is 32.0. The van der Waals surface area contributed by atoms with E-state index in [2.05, 4.69) is 45.1 Å². The summed E-state index contributed by atoms with van der Waals surface area (Å²) in [6.07, 6.45) is 63.1. The molecule has 0 bridgehead atoms. The lowest BCUT2D eigenvalue weighted by molar-refractivity contribution is -0.167. The molecule has 6 heteroatoms. The Morgan fingerprint density at radius 1 is 0.308 bits per heavy atom. The average Bonchev–Trinajstić information content (AvgIpc) is 3.30. The molecule has 0 aromatic rings. The zero-order valence-corrected chi connectivity index (χ0v) is 43.8. The van der Waals surface area contributed by atoms with Gasteiger partial charge in [-0.25, -0.2) is 0 Å². The van der Waals surface area contributed by atoms with Crippen molar-refractivity contribution in [3.8, 4) is 0 Å². The Hall–Kier alpha value is -2.11. The average molecular weight is 916 g/mol. The number of allylic oxidation sites excluding steroid dienone is 4. The van der Waals surface area contributed by atoms with Gasteiger partial charge in [0.25, 0.3) is 0 Å². The lowest BCUT2D eigenvalue weighted by Gasteiger charge is -2.18. The molecule has 1 atom stereocenters. The highest BCUT2D eigenvalue weighted by molar-refractivity contribution is 5.71. The number of carbonyl (C=O) groups excluding carboxylic acids is 3. The largest absolute Gasteiger partial charge is 0.462 e. The summed E-state index contributed by atoms with van der Waals surface area (Å²) in [4.78, 5) is 38.1. The van der Waals surface area contributed by atoms with Gasteiger partial charge in [-0.2, -0.15) is 0 Å². The molecule has 0 aromatic heterocycles. The summed E-state index contributed by atoms with van der Waals surface area (Å²) in [6.45, 7) is 6.65. The molecule has 0 saturated heterocycles. The summed E-state index contributed by atoms with van der Waals surface area (Å²) in [5.74, 6) is -0.857. The SMILES string of the molecule is CCCCC/C=C\C/C=C\CCCCCCCCCC(=O)OC(COC(=O)CCCCCCCCCCCCC)COC(=O)CCCCCCCCCCCCCCCCCCCCC. The van der Waals surface area contributed by atoms with Crippen LogP contribution in [-0.4, -0.2) is 37.2 Å². The van der Waals surface area contributed by atoms with Crippen molar-refractivity contribution in [2.45, 2.75) is 322 Å². The van der Waals surface area contributed by atoms with Crippen LogP contribution in [0.1, 0.15) is 316 Å². The third-order valence-electron chi connectivity index (χ3n) is 13.0. The number of carbonyl (C=O) groups is 3. The van der Waals surface area contributed by atoms with Crippen LogP contribution in [0.5, 0.6) is 0 Å². The van der Waals surface area contributed by atoms with Gasteiger partial charge < -0.3 is 14.2 Å². The molecule has 0 amide bonds. The van der Waals surface area contributed by atoms with E-state index in [-0.39, 0.29) is 31.1 Å². The van der Waals surface area contributed by atoms with E-state index in [9.17, 15) is 14.4 Å². The summed E-state index contributed by atoms with van der Waals surface area (Å²) >= 11 is 0. The second kappa shape index (κ2) is 54.5. The van der Waals surface area contributed by atoms with Crippen LogP contribution in [0.15, 0.2) is 24.3 Å². The summed E-state index contributed by atoms with van der Waals surface area (Å²) in [5.41, 5.74) is 0. The summed E-state index contributed by atoms with van der Waals surface area (Å²) in [6, 6.07) is 0. The van der Waals surface area contributed by atoms with E-state index in [1.54, 1.807) is 0 Å². The number of unbranched alkanes of at least 4 members (excludes halogenated alkanes) is 38. The van der Waals surface area contributed by atoms with Crippen LogP contribution < -0.4 is 0 Å². The Morgan fingerprint density at radius 3 is 0.877 bits per heavy atom. The van der Waals surface area contributed by atoms with Crippen LogP contribution in [0.4, 0.5) is 0 Å². The van der Waals surface area contributed by atoms with Crippen LogP contribution >= 0.6 is 0 Å². The van der Waals surface area contributed by atoms with Gasteiger partial charge >= 0.3 is 17.9 Å². The molecule has 6 nitrogen and oxygen atoms in total. The van der Waals surface area contributed by atoms with E-state index < -0.39 is 6.10 Å². The van der Waals surface area contributed by atoms with Gasteiger partial charge in [0.05, 0.1) is 0 Å². The molecule has 0 rings (SSSR count). The van der Waals surface area contributed by atoms with E-state index in [1.165, 1.54) is 205 Å². The quantitative estimate of drug-likeness (QED) is 0.0262. The minimum atomic E-state index is -0.770. The van der Waals surface area contributed by atoms with Crippen molar-refractivity contribution in [1.29, 1.82) is 0 Å². The Labute approximate surface area is 404 Å². The topological polar surface area (TPSA) is 78.9 Å². The molecule has 0 fully saturated rings. The second-order valence-electron chi connectivity index (χ2n) is 19.6. The predicted octanol–water partition coefficient (Wildman–Crippen LogP) is 19.1. The van der Waals surface area contributed by atoms with Crippen molar-refractivity contribution >= 4 is 17.9 Å². The first-order valence-electron chi connectivity index (χ1n) is 28.8. The zero-order chi connectivity index (χ0) is 47.2. The fourth-order valence-corrected chi connectivity index (χ4v) is 8.59. The maximum absolute atomic E-state index is 12.8. The van der Waals surface area contributed by atoms with Crippen molar-refractivity contribution in [3.05, 3.63) is 24.3 Å². The molecule has 1 unspecified atom stereocenters. The van der Waals surface area contributed by atoms with Gasteiger partial charge in [0, 0.05) is 19.3 Å². The Kier molecular flexibility index (Phi) is 52.7. The number of ether oxygens (including phenoxy) is 3. The molecule has 0 aliphatic carbocycles. The lowest BCUT2D eigenvalue weighted by atomic mass is 10.0. The first-order valence-corrected chi connectivity index (χ1v) is 28.8. The molecule has 0 heterocycles. The highest BCUT2D eigenvalue weighted by Crippen LogP contribution is 2.17. The van der Waals surface area contributed by atoms with Crippen molar-refractivity contribution in [2.24, 2.45) is 0 Å². The first kappa shape index (κ1) is 62.9.